The fourth-order valence-corrected chi connectivity index (χ4v) is 2.51. The normalized spacial score (nSPS) is 11.3. The Hall–Kier alpha value is -2.97. The van der Waals surface area contributed by atoms with E-state index in [-0.39, 0.29) is 17.5 Å². The largest absolute Gasteiger partial charge is 0.354 e. The van der Waals surface area contributed by atoms with Crippen molar-refractivity contribution < 1.29 is 4.79 Å². The van der Waals surface area contributed by atoms with Crippen LogP contribution in [0.3, 0.4) is 0 Å². The van der Waals surface area contributed by atoms with Gasteiger partial charge < -0.3 is 5.32 Å². The number of rotatable bonds is 5. The summed E-state index contributed by atoms with van der Waals surface area (Å²) in [5.41, 5.74) is 0.843. The molecule has 0 aliphatic carbocycles. The van der Waals surface area contributed by atoms with E-state index in [0.717, 1.165) is 5.56 Å². The number of nitrogens with zero attached hydrogens (tertiary/aromatic N) is 6. The third-order valence-electron chi connectivity index (χ3n) is 3.59. The Balaban J connectivity index is 2.00. The van der Waals surface area contributed by atoms with Crippen LogP contribution < -0.4 is 10.9 Å². The minimum absolute atomic E-state index is 0.0653. The first-order valence-electron chi connectivity index (χ1n) is 7.70. The van der Waals surface area contributed by atoms with Crippen LogP contribution in [0.25, 0.3) is 17.0 Å². The van der Waals surface area contributed by atoms with Crippen molar-refractivity contribution in [3.63, 3.8) is 0 Å². The maximum Gasteiger partial charge on any atom is 0.297 e. The summed E-state index contributed by atoms with van der Waals surface area (Å²) in [6.45, 7) is 6.35. The molecular weight excluding hydrogens is 310 g/mol. The molecule has 0 radical (unpaired) electrons. The van der Waals surface area contributed by atoms with Gasteiger partial charge in [-0.25, -0.2) is 9.50 Å². The molecule has 3 aromatic rings. The zero-order chi connectivity index (χ0) is 17.3. The second-order valence-electron chi connectivity index (χ2n) is 5.76. The average Bonchev–Trinajstić information content (AvgIpc) is 3.14. The topological polar surface area (TPSA) is 99.1 Å². The summed E-state index contributed by atoms with van der Waals surface area (Å²) in [5.74, 6) is 0.453. The van der Waals surface area contributed by atoms with Crippen molar-refractivity contribution in [2.45, 2.75) is 33.4 Å². The molecule has 0 saturated heterocycles. The van der Waals surface area contributed by atoms with Crippen molar-refractivity contribution in [2.75, 3.05) is 6.54 Å². The zero-order valence-electron chi connectivity index (χ0n) is 13.8. The maximum absolute atomic E-state index is 12.6. The van der Waals surface area contributed by atoms with E-state index in [1.54, 1.807) is 27.8 Å². The molecule has 24 heavy (non-hydrogen) atoms. The van der Waals surface area contributed by atoms with E-state index in [2.05, 4.69) is 20.5 Å². The van der Waals surface area contributed by atoms with Gasteiger partial charge in [-0.3, -0.25) is 18.8 Å². The van der Waals surface area contributed by atoms with Crippen molar-refractivity contribution in [1.82, 2.24) is 34.3 Å². The summed E-state index contributed by atoms with van der Waals surface area (Å²) in [4.78, 5) is 27.6. The first-order valence-corrected chi connectivity index (χ1v) is 7.70. The Morgan fingerprint density at radius 1 is 1.38 bits per heavy atom. The SMILES string of the molecule is CC(=O)NCCn1cc(-c2nn3ccnc3c(=O)n2C(C)C)cn1. The fraction of sp³-hybridized carbons (Fsp3) is 0.400. The van der Waals surface area contributed by atoms with Crippen LogP contribution in [0.4, 0.5) is 0 Å². The highest BCUT2D eigenvalue weighted by atomic mass is 16.1. The Morgan fingerprint density at radius 2 is 2.17 bits per heavy atom. The number of aromatic nitrogens is 6. The molecule has 3 heterocycles. The van der Waals surface area contributed by atoms with Crippen molar-refractivity contribution in [1.29, 1.82) is 0 Å². The lowest BCUT2D eigenvalue weighted by Gasteiger charge is -2.14. The lowest BCUT2D eigenvalue weighted by Crippen LogP contribution is -2.27. The summed E-state index contributed by atoms with van der Waals surface area (Å²) in [6, 6.07) is -0.0653. The number of hydrogen-bond donors (Lipinski definition) is 1. The number of amides is 1. The van der Waals surface area contributed by atoms with Crippen LogP contribution in [-0.2, 0) is 11.3 Å². The fourth-order valence-electron chi connectivity index (χ4n) is 2.51. The molecule has 1 N–H and O–H groups in total. The number of fused-ring (bicyclic) bond motifs is 1. The molecule has 1 amide bonds. The predicted molar refractivity (Wildman–Crippen MR) is 87.5 cm³/mol. The minimum Gasteiger partial charge on any atom is -0.354 e. The molecule has 0 atom stereocenters. The molecule has 0 aliphatic heterocycles. The van der Waals surface area contributed by atoms with E-state index >= 15 is 0 Å². The van der Waals surface area contributed by atoms with E-state index in [4.69, 9.17) is 0 Å². The van der Waals surface area contributed by atoms with E-state index in [1.165, 1.54) is 11.4 Å². The van der Waals surface area contributed by atoms with E-state index in [9.17, 15) is 9.59 Å². The van der Waals surface area contributed by atoms with Gasteiger partial charge >= 0.3 is 0 Å². The lowest BCUT2D eigenvalue weighted by atomic mass is 10.3. The van der Waals surface area contributed by atoms with Gasteiger partial charge in [0.15, 0.2) is 5.82 Å². The zero-order valence-corrected chi connectivity index (χ0v) is 13.8. The van der Waals surface area contributed by atoms with Crippen molar-refractivity contribution in [3.8, 4) is 11.4 Å². The Kier molecular flexibility index (Phi) is 4.15. The third kappa shape index (κ3) is 2.92. The van der Waals surface area contributed by atoms with Gasteiger partial charge in [-0.2, -0.15) is 5.10 Å². The number of hydrogen-bond acceptors (Lipinski definition) is 5. The van der Waals surface area contributed by atoms with E-state index in [1.807, 2.05) is 20.0 Å². The van der Waals surface area contributed by atoms with E-state index in [0.29, 0.717) is 24.6 Å². The summed E-state index contributed by atoms with van der Waals surface area (Å²) in [5, 5.41) is 11.5. The molecule has 3 aromatic heterocycles. The number of imidazole rings is 1. The second-order valence-corrected chi connectivity index (χ2v) is 5.76. The Labute approximate surface area is 137 Å². The van der Waals surface area contributed by atoms with Crippen molar-refractivity contribution in [2.24, 2.45) is 0 Å². The van der Waals surface area contributed by atoms with Crippen LogP contribution >= 0.6 is 0 Å². The Bertz CT molecular complexity index is 935. The van der Waals surface area contributed by atoms with Crippen LogP contribution in [0.15, 0.2) is 29.6 Å². The quantitative estimate of drug-likeness (QED) is 0.733. The molecule has 126 valence electrons. The average molecular weight is 329 g/mol. The third-order valence-corrected chi connectivity index (χ3v) is 3.59. The molecule has 0 saturated carbocycles. The van der Waals surface area contributed by atoms with Crippen LogP contribution in [-0.4, -0.2) is 41.4 Å². The molecule has 3 rings (SSSR count). The molecule has 0 spiro atoms. The highest BCUT2D eigenvalue weighted by Gasteiger charge is 2.17. The standard InChI is InChI=1S/C15H19N7O2/c1-10(2)22-13(19-21-7-5-17-14(21)15(22)24)12-8-18-20(9-12)6-4-16-11(3)23/h5,7-10H,4,6H2,1-3H3,(H,16,23). The molecule has 0 bridgehead atoms. The van der Waals surface area contributed by atoms with Gasteiger partial charge in [0.2, 0.25) is 11.6 Å². The smallest absolute Gasteiger partial charge is 0.297 e. The van der Waals surface area contributed by atoms with Crippen LogP contribution in [0.5, 0.6) is 0 Å². The van der Waals surface area contributed by atoms with Gasteiger partial charge in [0, 0.05) is 38.1 Å². The summed E-state index contributed by atoms with van der Waals surface area (Å²) < 4.78 is 4.79. The van der Waals surface area contributed by atoms with Crippen molar-refractivity contribution in [3.05, 3.63) is 35.1 Å². The number of nitrogens with one attached hydrogen (secondary N) is 1. The summed E-state index contributed by atoms with van der Waals surface area (Å²) >= 11 is 0. The highest BCUT2D eigenvalue weighted by Crippen LogP contribution is 2.18. The van der Waals surface area contributed by atoms with Crippen LogP contribution in [0, 0.1) is 0 Å². The van der Waals surface area contributed by atoms with Gasteiger partial charge in [0.25, 0.3) is 5.56 Å². The van der Waals surface area contributed by atoms with Gasteiger partial charge in [-0.15, -0.1) is 5.10 Å². The molecule has 0 unspecified atom stereocenters. The summed E-state index contributed by atoms with van der Waals surface area (Å²) in [6.07, 6.45) is 6.67. The van der Waals surface area contributed by atoms with Crippen LogP contribution in [0.1, 0.15) is 26.8 Å². The predicted octanol–water partition coefficient (Wildman–Crippen LogP) is 0.471. The van der Waals surface area contributed by atoms with Gasteiger partial charge in [0.1, 0.15) is 0 Å². The number of carbonyl (C=O) groups excluding carboxylic acids is 1. The molecule has 9 heteroatoms. The maximum atomic E-state index is 12.6. The Morgan fingerprint density at radius 3 is 2.88 bits per heavy atom. The minimum atomic E-state index is -0.189. The lowest BCUT2D eigenvalue weighted by molar-refractivity contribution is -0.118. The number of carbonyl (C=O) groups is 1. The second kappa shape index (κ2) is 6.26. The molecule has 0 aliphatic rings. The molecular formula is C15H19N7O2. The van der Waals surface area contributed by atoms with Crippen molar-refractivity contribution >= 4 is 11.6 Å². The molecule has 0 aromatic carbocycles. The van der Waals surface area contributed by atoms with Gasteiger partial charge in [-0.1, -0.05) is 0 Å². The van der Waals surface area contributed by atoms with Gasteiger partial charge in [-0.05, 0) is 13.8 Å². The molecule has 0 fully saturated rings. The molecule has 9 nitrogen and oxygen atoms in total. The first-order chi connectivity index (χ1) is 11.5. The van der Waals surface area contributed by atoms with E-state index < -0.39 is 0 Å². The monoisotopic (exact) mass is 329 g/mol. The first kappa shape index (κ1) is 15.9. The highest BCUT2D eigenvalue weighted by molar-refractivity contribution is 5.72. The van der Waals surface area contributed by atoms with Crippen LogP contribution in [0.2, 0.25) is 0 Å². The van der Waals surface area contributed by atoms with Gasteiger partial charge in [0.05, 0.1) is 18.3 Å². The summed E-state index contributed by atoms with van der Waals surface area (Å²) in [7, 11) is 0.